The number of benzene rings is 1. The van der Waals surface area contributed by atoms with E-state index in [9.17, 15) is 9.59 Å². The van der Waals surface area contributed by atoms with E-state index in [0.717, 1.165) is 36.3 Å². The fourth-order valence-electron chi connectivity index (χ4n) is 3.69. The summed E-state index contributed by atoms with van der Waals surface area (Å²) < 4.78 is 5.21. The topological polar surface area (TPSA) is 62.7 Å². The third kappa shape index (κ3) is 3.05. The molecule has 0 radical (unpaired) electrons. The summed E-state index contributed by atoms with van der Waals surface area (Å²) in [7, 11) is 1.63. The van der Waals surface area contributed by atoms with Crippen molar-refractivity contribution in [1.82, 2.24) is 15.0 Å². The van der Waals surface area contributed by atoms with Crippen LogP contribution in [-0.2, 0) is 10.2 Å². The number of aromatic nitrogens is 1. The highest BCUT2D eigenvalue weighted by molar-refractivity contribution is 5.98. The molecule has 2 fully saturated rings. The van der Waals surface area contributed by atoms with Crippen molar-refractivity contribution in [2.45, 2.75) is 31.6 Å². The average molecular weight is 365 g/mol. The first-order valence-corrected chi connectivity index (χ1v) is 9.26. The van der Waals surface area contributed by atoms with E-state index in [1.54, 1.807) is 29.4 Å². The second kappa shape index (κ2) is 6.68. The van der Waals surface area contributed by atoms with Gasteiger partial charge in [0.2, 0.25) is 0 Å². The maximum Gasteiger partial charge on any atom is 0.274 e. The summed E-state index contributed by atoms with van der Waals surface area (Å²) in [5.41, 5.74) is 1.84. The van der Waals surface area contributed by atoms with Crippen molar-refractivity contribution in [1.29, 1.82) is 0 Å². The lowest BCUT2D eigenvalue weighted by Crippen LogP contribution is -2.49. The summed E-state index contributed by atoms with van der Waals surface area (Å²) in [4.78, 5) is 30.5. The van der Waals surface area contributed by atoms with Crippen LogP contribution in [-0.4, -0.2) is 47.0 Å². The number of hydrogen-bond donors (Lipinski definition) is 0. The molecule has 140 valence electrons. The Labute approximate surface area is 158 Å². The zero-order chi connectivity index (χ0) is 19.0. The Kier molecular flexibility index (Phi) is 4.34. The fourth-order valence-corrected chi connectivity index (χ4v) is 3.69. The van der Waals surface area contributed by atoms with Crippen molar-refractivity contribution in [2.24, 2.45) is 0 Å². The van der Waals surface area contributed by atoms with Gasteiger partial charge in [-0.3, -0.25) is 19.6 Å². The Bertz CT molecular complexity index is 857. The Morgan fingerprint density at radius 2 is 1.74 bits per heavy atom. The van der Waals surface area contributed by atoms with Crippen LogP contribution in [0, 0.1) is 6.92 Å². The van der Waals surface area contributed by atoms with E-state index in [-0.39, 0.29) is 11.8 Å². The first kappa shape index (κ1) is 17.5. The molecule has 1 saturated carbocycles. The first-order chi connectivity index (χ1) is 13.0. The largest absolute Gasteiger partial charge is 0.497 e. The highest BCUT2D eigenvalue weighted by atomic mass is 16.5. The van der Waals surface area contributed by atoms with Gasteiger partial charge >= 0.3 is 0 Å². The molecule has 2 heterocycles. The van der Waals surface area contributed by atoms with E-state index >= 15 is 0 Å². The van der Waals surface area contributed by atoms with E-state index < -0.39 is 5.41 Å². The second-order valence-electron chi connectivity index (χ2n) is 7.21. The predicted molar refractivity (Wildman–Crippen MR) is 100 cm³/mol. The number of methoxy groups -OCH3 is 1. The molecule has 6 heteroatoms. The summed E-state index contributed by atoms with van der Waals surface area (Å²) in [6.45, 7) is 3.00. The van der Waals surface area contributed by atoms with Gasteiger partial charge in [-0.25, -0.2) is 5.01 Å². The lowest BCUT2D eigenvalue weighted by Gasteiger charge is -2.31. The van der Waals surface area contributed by atoms with Gasteiger partial charge in [0.15, 0.2) is 0 Å². The lowest BCUT2D eigenvalue weighted by atomic mass is 9.94. The number of aryl methyl sites for hydroxylation is 1. The molecule has 1 saturated heterocycles. The number of hydrogen-bond acceptors (Lipinski definition) is 4. The van der Waals surface area contributed by atoms with Gasteiger partial charge in [-0.15, -0.1) is 0 Å². The van der Waals surface area contributed by atoms with Crippen molar-refractivity contribution in [3.8, 4) is 5.75 Å². The van der Waals surface area contributed by atoms with E-state index in [1.165, 1.54) is 0 Å². The number of carbonyl (C=O) groups is 2. The molecule has 2 aromatic rings. The normalized spacial score (nSPS) is 17.7. The van der Waals surface area contributed by atoms with Gasteiger partial charge < -0.3 is 4.74 Å². The average Bonchev–Trinajstić information content (AvgIpc) is 3.37. The Hall–Kier alpha value is -2.89. The minimum atomic E-state index is -0.513. The summed E-state index contributed by atoms with van der Waals surface area (Å²) in [6, 6.07) is 11.3. The summed E-state index contributed by atoms with van der Waals surface area (Å²) in [5.74, 6) is 0.615. The molecule has 0 atom stereocenters. The fraction of sp³-hybridized carbons (Fsp3) is 0.381. The monoisotopic (exact) mass is 365 g/mol. The van der Waals surface area contributed by atoms with Gasteiger partial charge in [-0.05, 0) is 56.0 Å². The minimum Gasteiger partial charge on any atom is -0.497 e. The molecule has 6 nitrogen and oxygen atoms in total. The first-order valence-electron chi connectivity index (χ1n) is 9.26. The number of rotatable bonds is 4. The number of pyridine rings is 1. The van der Waals surface area contributed by atoms with Crippen LogP contribution in [0.1, 0.15) is 40.9 Å². The molecule has 2 amide bonds. The van der Waals surface area contributed by atoms with Crippen LogP contribution in [0.3, 0.4) is 0 Å². The molecule has 4 rings (SSSR count). The lowest BCUT2D eigenvalue weighted by molar-refractivity contribution is -0.143. The molecule has 2 aliphatic rings. The number of ether oxygens (including phenoxy) is 1. The number of nitrogens with zero attached hydrogens (tertiary/aromatic N) is 3. The van der Waals surface area contributed by atoms with Gasteiger partial charge in [0.1, 0.15) is 5.75 Å². The maximum absolute atomic E-state index is 13.4. The highest BCUT2D eigenvalue weighted by Gasteiger charge is 2.55. The predicted octanol–water partition coefficient (Wildman–Crippen LogP) is 2.72. The van der Waals surface area contributed by atoms with Crippen LogP contribution in [0.2, 0.25) is 0 Å². The van der Waals surface area contributed by atoms with E-state index in [4.69, 9.17) is 4.74 Å². The highest BCUT2D eigenvalue weighted by Crippen LogP contribution is 2.50. The minimum absolute atomic E-state index is 0.0126. The zero-order valence-corrected chi connectivity index (χ0v) is 15.6. The number of amides is 2. The van der Waals surface area contributed by atoms with E-state index in [0.29, 0.717) is 18.7 Å². The van der Waals surface area contributed by atoms with Gasteiger partial charge in [-0.1, -0.05) is 12.1 Å². The zero-order valence-electron chi connectivity index (χ0n) is 15.6. The van der Waals surface area contributed by atoms with Gasteiger partial charge in [0, 0.05) is 25.0 Å². The van der Waals surface area contributed by atoms with Gasteiger partial charge in [0.25, 0.3) is 11.8 Å². The van der Waals surface area contributed by atoms with Crippen molar-refractivity contribution >= 4 is 11.8 Å². The van der Waals surface area contributed by atoms with Crippen LogP contribution in [0.15, 0.2) is 42.6 Å². The van der Waals surface area contributed by atoms with Crippen molar-refractivity contribution < 1.29 is 14.3 Å². The maximum atomic E-state index is 13.4. The van der Waals surface area contributed by atoms with Gasteiger partial charge in [0.05, 0.1) is 18.1 Å². The molecular formula is C21H23N3O3. The molecule has 0 bridgehead atoms. The van der Waals surface area contributed by atoms with Crippen LogP contribution in [0.5, 0.6) is 5.75 Å². The Balaban J connectivity index is 1.57. The Morgan fingerprint density at radius 1 is 1.04 bits per heavy atom. The van der Waals surface area contributed by atoms with Crippen molar-refractivity contribution in [2.75, 3.05) is 20.2 Å². The standard InChI is InChI=1S/C21H23N3O3/c1-15-4-5-16(14-22-15)19(25)23-12-3-13-24(23)20(26)21(10-11-21)17-6-8-18(27-2)9-7-17/h4-9,14H,3,10-13H2,1-2H3. The van der Waals surface area contributed by atoms with Crippen molar-refractivity contribution in [3.05, 3.63) is 59.4 Å². The summed E-state index contributed by atoms with van der Waals surface area (Å²) in [6.07, 6.45) is 3.98. The van der Waals surface area contributed by atoms with Crippen LogP contribution in [0.4, 0.5) is 0 Å². The number of carbonyl (C=O) groups excluding carboxylic acids is 2. The SMILES string of the molecule is COc1ccc(C2(C(=O)N3CCCN3C(=O)c3ccc(C)nc3)CC2)cc1. The molecule has 0 N–H and O–H groups in total. The molecule has 1 aliphatic carbocycles. The van der Waals surface area contributed by atoms with E-state index in [1.807, 2.05) is 37.3 Å². The summed E-state index contributed by atoms with van der Waals surface area (Å²) >= 11 is 0. The molecule has 0 unspecified atom stereocenters. The molecular weight excluding hydrogens is 342 g/mol. The smallest absolute Gasteiger partial charge is 0.274 e. The summed E-state index contributed by atoms with van der Waals surface area (Å²) in [5, 5.41) is 3.22. The number of hydrazine groups is 1. The van der Waals surface area contributed by atoms with Gasteiger partial charge in [-0.2, -0.15) is 0 Å². The van der Waals surface area contributed by atoms with Crippen molar-refractivity contribution in [3.63, 3.8) is 0 Å². The van der Waals surface area contributed by atoms with Crippen LogP contribution in [0.25, 0.3) is 0 Å². The van der Waals surface area contributed by atoms with Crippen LogP contribution < -0.4 is 4.74 Å². The molecule has 27 heavy (non-hydrogen) atoms. The molecule has 0 spiro atoms. The van der Waals surface area contributed by atoms with E-state index in [2.05, 4.69) is 4.98 Å². The quantitative estimate of drug-likeness (QED) is 0.836. The molecule has 1 aliphatic heterocycles. The Morgan fingerprint density at radius 3 is 2.33 bits per heavy atom. The third-order valence-corrected chi connectivity index (χ3v) is 5.46. The molecule has 1 aromatic carbocycles. The molecule has 1 aromatic heterocycles. The second-order valence-corrected chi connectivity index (χ2v) is 7.21. The van der Waals surface area contributed by atoms with Crippen LogP contribution >= 0.6 is 0 Å². The third-order valence-electron chi connectivity index (χ3n) is 5.46.